The number of thioether (sulfide) groups is 1. The molecule has 0 N–H and O–H groups in total. The molecule has 1 fully saturated rings. The SMILES string of the molecule is O=C(Oc1ccccc1/C=C1\SC(=O)N(Cc2ccccc2Br)C1=O)c1cccc2ccccc12. The second-order valence-corrected chi connectivity index (χ2v) is 9.66. The van der Waals surface area contributed by atoms with E-state index in [1.165, 1.54) is 4.90 Å². The van der Waals surface area contributed by atoms with E-state index in [4.69, 9.17) is 4.74 Å². The molecule has 0 atom stereocenters. The van der Waals surface area contributed by atoms with Crippen molar-refractivity contribution < 1.29 is 19.1 Å². The Kier molecular flexibility index (Phi) is 6.53. The number of imide groups is 1. The zero-order chi connectivity index (χ0) is 24.4. The van der Waals surface area contributed by atoms with Crippen LogP contribution in [0.3, 0.4) is 0 Å². The number of nitrogens with zero attached hydrogens (tertiary/aromatic N) is 1. The van der Waals surface area contributed by atoms with Crippen LogP contribution in [-0.2, 0) is 11.3 Å². The normalized spacial score (nSPS) is 14.7. The molecule has 0 radical (unpaired) electrons. The summed E-state index contributed by atoms with van der Waals surface area (Å²) in [6, 6.07) is 27.5. The van der Waals surface area contributed by atoms with Crippen molar-refractivity contribution >= 4 is 61.7 Å². The van der Waals surface area contributed by atoms with Crippen molar-refractivity contribution in [3.05, 3.63) is 117 Å². The lowest BCUT2D eigenvalue weighted by molar-refractivity contribution is -0.123. The van der Waals surface area contributed by atoms with Gasteiger partial charge in [-0.3, -0.25) is 14.5 Å². The molecule has 172 valence electrons. The van der Waals surface area contributed by atoms with Gasteiger partial charge in [-0.05, 0) is 52.4 Å². The molecule has 5 rings (SSSR count). The number of halogens is 1. The number of hydrogen-bond donors (Lipinski definition) is 0. The Bertz CT molecular complexity index is 1510. The highest BCUT2D eigenvalue weighted by Crippen LogP contribution is 2.35. The fourth-order valence-corrected chi connectivity index (χ4v) is 5.06. The van der Waals surface area contributed by atoms with Gasteiger partial charge in [0.15, 0.2) is 0 Å². The molecule has 0 saturated carbocycles. The minimum absolute atomic E-state index is 0.168. The molecule has 4 aromatic rings. The van der Waals surface area contributed by atoms with Crippen LogP contribution in [0.4, 0.5) is 4.79 Å². The van der Waals surface area contributed by atoms with Crippen molar-refractivity contribution in [2.24, 2.45) is 0 Å². The maximum Gasteiger partial charge on any atom is 0.344 e. The van der Waals surface area contributed by atoms with Gasteiger partial charge in [0.25, 0.3) is 11.1 Å². The highest BCUT2D eigenvalue weighted by atomic mass is 79.9. The first-order valence-electron chi connectivity index (χ1n) is 10.8. The molecule has 1 aliphatic rings. The van der Waals surface area contributed by atoms with Crippen LogP contribution in [0.5, 0.6) is 5.75 Å². The monoisotopic (exact) mass is 543 g/mol. The summed E-state index contributed by atoms with van der Waals surface area (Å²) in [6.07, 6.45) is 1.59. The molecule has 7 heteroatoms. The molecule has 1 aliphatic heterocycles. The first kappa shape index (κ1) is 23.1. The number of fused-ring (bicyclic) bond motifs is 1. The zero-order valence-electron chi connectivity index (χ0n) is 18.3. The molecule has 0 aromatic heterocycles. The van der Waals surface area contributed by atoms with Gasteiger partial charge in [0.1, 0.15) is 5.75 Å². The minimum atomic E-state index is -0.496. The smallest absolute Gasteiger partial charge is 0.344 e. The number of carbonyl (C=O) groups is 3. The maximum absolute atomic E-state index is 13.0. The zero-order valence-corrected chi connectivity index (χ0v) is 20.7. The fourth-order valence-electron chi connectivity index (χ4n) is 3.83. The molecule has 4 aromatic carbocycles. The second kappa shape index (κ2) is 9.90. The number of para-hydroxylation sites is 1. The van der Waals surface area contributed by atoms with E-state index in [-0.39, 0.29) is 22.6 Å². The summed E-state index contributed by atoms with van der Waals surface area (Å²) in [5.41, 5.74) is 1.82. The average Bonchev–Trinajstić information content (AvgIpc) is 3.13. The largest absolute Gasteiger partial charge is 0.422 e. The number of carbonyl (C=O) groups excluding carboxylic acids is 3. The highest BCUT2D eigenvalue weighted by molar-refractivity contribution is 9.10. The van der Waals surface area contributed by atoms with Gasteiger partial charge in [0, 0.05) is 10.0 Å². The molecular weight excluding hydrogens is 526 g/mol. The number of benzene rings is 4. The van der Waals surface area contributed by atoms with E-state index in [0.717, 1.165) is 32.6 Å². The van der Waals surface area contributed by atoms with E-state index in [9.17, 15) is 14.4 Å². The summed E-state index contributed by atoms with van der Waals surface area (Å²) in [7, 11) is 0. The lowest BCUT2D eigenvalue weighted by Gasteiger charge is -2.13. The van der Waals surface area contributed by atoms with Crippen LogP contribution in [0.25, 0.3) is 16.8 Å². The average molecular weight is 544 g/mol. The van der Waals surface area contributed by atoms with Gasteiger partial charge >= 0.3 is 5.97 Å². The van der Waals surface area contributed by atoms with E-state index in [0.29, 0.717) is 16.9 Å². The molecule has 35 heavy (non-hydrogen) atoms. The molecule has 2 amide bonds. The van der Waals surface area contributed by atoms with Gasteiger partial charge in [-0.2, -0.15) is 0 Å². The standard InChI is InChI=1S/C28H18BrNO4S/c29-23-14-5-2-10-20(23)17-30-26(31)25(35-28(30)33)16-19-9-3-6-15-24(19)34-27(32)22-13-7-11-18-8-1-4-12-21(18)22/h1-16H,17H2/b25-16-. The van der Waals surface area contributed by atoms with Crippen LogP contribution >= 0.6 is 27.7 Å². The van der Waals surface area contributed by atoms with Gasteiger partial charge in [-0.1, -0.05) is 88.7 Å². The van der Waals surface area contributed by atoms with Gasteiger partial charge in [-0.25, -0.2) is 4.79 Å². The van der Waals surface area contributed by atoms with Crippen molar-refractivity contribution in [3.63, 3.8) is 0 Å². The number of hydrogen-bond acceptors (Lipinski definition) is 5. The van der Waals surface area contributed by atoms with Crippen LogP contribution in [0.1, 0.15) is 21.5 Å². The summed E-state index contributed by atoms with van der Waals surface area (Å²) in [5.74, 6) is -0.571. The lowest BCUT2D eigenvalue weighted by Crippen LogP contribution is -2.27. The molecule has 5 nitrogen and oxygen atoms in total. The van der Waals surface area contributed by atoms with Crippen molar-refractivity contribution in [2.75, 3.05) is 0 Å². The summed E-state index contributed by atoms with van der Waals surface area (Å²) in [4.78, 5) is 40.2. The topological polar surface area (TPSA) is 63.7 Å². The summed E-state index contributed by atoms with van der Waals surface area (Å²) >= 11 is 4.33. The Morgan fingerprint density at radius 1 is 0.886 bits per heavy atom. The molecule has 0 bridgehead atoms. The summed E-state index contributed by atoms with van der Waals surface area (Å²) in [6.45, 7) is 0.168. The molecular formula is C28H18BrNO4S. The molecule has 0 unspecified atom stereocenters. The Hall–Kier alpha value is -3.68. The third-order valence-corrected chi connectivity index (χ3v) is 7.26. The predicted octanol–water partition coefficient (Wildman–Crippen LogP) is 7.06. The molecule has 1 saturated heterocycles. The van der Waals surface area contributed by atoms with Crippen molar-refractivity contribution in [1.82, 2.24) is 4.90 Å². The molecule has 1 heterocycles. The number of amides is 2. The third-order valence-electron chi connectivity index (χ3n) is 5.58. The number of ether oxygens (including phenoxy) is 1. The fraction of sp³-hybridized carbons (Fsp3) is 0.0357. The van der Waals surface area contributed by atoms with Crippen LogP contribution in [0.2, 0.25) is 0 Å². The minimum Gasteiger partial charge on any atom is -0.422 e. The van der Waals surface area contributed by atoms with Gasteiger partial charge in [0.2, 0.25) is 0 Å². The second-order valence-electron chi connectivity index (χ2n) is 7.81. The lowest BCUT2D eigenvalue weighted by atomic mass is 10.0. The van der Waals surface area contributed by atoms with Crippen molar-refractivity contribution in [3.8, 4) is 5.75 Å². The Morgan fingerprint density at radius 2 is 1.60 bits per heavy atom. The summed E-state index contributed by atoms with van der Waals surface area (Å²) in [5, 5.41) is 1.39. The van der Waals surface area contributed by atoms with Crippen molar-refractivity contribution in [1.29, 1.82) is 0 Å². The maximum atomic E-state index is 13.0. The van der Waals surface area contributed by atoms with E-state index in [1.54, 1.807) is 36.4 Å². The van der Waals surface area contributed by atoms with Crippen LogP contribution < -0.4 is 4.74 Å². The molecule has 0 spiro atoms. The van der Waals surface area contributed by atoms with Gasteiger partial charge in [-0.15, -0.1) is 0 Å². The van der Waals surface area contributed by atoms with Gasteiger partial charge in [0.05, 0.1) is 17.0 Å². The third kappa shape index (κ3) is 4.78. The summed E-state index contributed by atoms with van der Waals surface area (Å²) < 4.78 is 6.57. The number of rotatable bonds is 5. The Labute approximate surface area is 214 Å². The number of esters is 1. The first-order chi connectivity index (χ1) is 17.0. The quantitative estimate of drug-likeness (QED) is 0.153. The van der Waals surface area contributed by atoms with E-state index in [1.807, 2.05) is 60.7 Å². The van der Waals surface area contributed by atoms with Crippen LogP contribution in [0, 0.1) is 0 Å². The molecule has 0 aliphatic carbocycles. The van der Waals surface area contributed by atoms with Crippen molar-refractivity contribution in [2.45, 2.75) is 6.54 Å². The van der Waals surface area contributed by atoms with E-state index >= 15 is 0 Å². The van der Waals surface area contributed by atoms with Crippen LogP contribution in [0.15, 0.2) is 100 Å². The predicted molar refractivity (Wildman–Crippen MR) is 141 cm³/mol. The van der Waals surface area contributed by atoms with Crippen LogP contribution in [-0.4, -0.2) is 22.0 Å². The Morgan fingerprint density at radius 3 is 2.46 bits per heavy atom. The first-order valence-corrected chi connectivity index (χ1v) is 12.4. The van der Waals surface area contributed by atoms with E-state index in [2.05, 4.69) is 15.9 Å². The van der Waals surface area contributed by atoms with Gasteiger partial charge < -0.3 is 4.74 Å². The highest BCUT2D eigenvalue weighted by Gasteiger charge is 2.35. The Balaban J connectivity index is 1.41. The van der Waals surface area contributed by atoms with E-state index < -0.39 is 5.97 Å².